The molecular weight excluding hydrogens is 540 g/mol. The lowest BCUT2D eigenvalue weighted by Gasteiger charge is -2.10. The fourth-order valence-corrected chi connectivity index (χ4v) is 3.95. The van der Waals surface area contributed by atoms with E-state index in [1.54, 1.807) is 0 Å². The number of hydrogen-bond acceptors (Lipinski definition) is 4. The molecule has 0 radical (unpaired) electrons. The largest absolute Gasteiger partial charge is 0.484 e. The second-order valence-electron chi connectivity index (χ2n) is 7.51. The lowest BCUT2D eigenvalue weighted by atomic mass is 10.2. The Balaban J connectivity index is 1.46. The number of ether oxygens (including phenoxy) is 2. The monoisotopic (exact) mass is 568 g/mol. The molecule has 2 N–H and O–H groups in total. The number of hydrogen-bond donors (Lipinski definition) is 2. The molecule has 0 aliphatic rings. The van der Waals surface area contributed by atoms with Crippen LogP contribution in [0.1, 0.15) is 36.8 Å². The molecule has 2 aromatic carbocycles. The summed E-state index contributed by atoms with van der Waals surface area (Å²) in [6, 6.07) is 11.4. The van der Waals surface area contributed by atoms with Crippen LogP contribution in [-0.4, -0.2) is 38.1 Å². The van der Waals surface area contributed by atoms with Crippen molar-refractivity contribution >= 4 is 43.7 Å². The molecule has 174 valence electrons. The highest BCUT2D eigenvalue weighted by molar-refractivity contribution is 9.10. The standard InChI is InChI=1S/C24H30Br2N2O4/c1-17-13-19(25)7-9-21(17)31-15-23(29)27-11-5-3-4-6-12-28-24(30)16-32-22-10-8-20(26)14-18(22)2/h7-10,13-14H,3-6,11-12,15-16H2,1-2H3,(H,27,29)(H,28,30). The maximum Gasteiger partial charge on any atom is 0.257 e. The van der Waals surface area contributed by atoms with Crippen LogP contribution in [0.3, 0.4) is 0 Å². The van der Waals surface area contributed by atoms with Gasteiger partial charge in [-0.05, 0) is 74.2 Å². The maximum atomic E-state index is 11.9. The predicted octanol–water partition coefficient (Wildman–Crippen LogP) is 5.08. The van der Waals surface area contributed by atoms with Crippen LogP contribution in [0.4, 0.5) is 0 Å². The van der Waals surface area contributed by atoms with Gasteiger partial charge in [0.15, 0.2) is 13.2 Å². The number of amides is 2. The fraction of sp³-hybridized carbons (Fsp3) is 0.417. The van der Waals surface area contributed by atoms with Crippen LogP contribution in [0, 0.1) is 13.8 Å². The van der Waals surface area contributed by atoms with Gasteiger partial charge in [0.1, 0.15) is 11.5 Å². The summed E-state index contributed by atoms with van der Waals surface area (Å²) in [5.74, 6) is 1.17. The smallest absolute Gasteiger partial charge is 0.257 e. The second kappa shape index (κ2) is 14.2. The molecule has 2 amide bonds. The van der Waals surface area contributed by atoms with Crippen LogP contribution in [0.2, 0.25) is 0 Å². The summed E-state index contributed by atoms with van der Waals surface area (Å²) < 4.78 is 13.1. The third-order valence-corrected chi connectivity index (χ3v) is 5.73. The minimum atomic E-state index is -0.124. The minimum absolute atomic E-state index is 0.0103. The van der Waals surface area contributed by atoms with Gasteiger partial charge in [-0.15, -0.1) is 0 Å². The lowest BCUT2D eigenvalue weighted by molar-refractivity contribution is -0.123. The number of aryl methyl sites for hydroxylation is 2. The van der Waals surface area contributed by atoms with E-state index in [-0.39, 0.29) is 25.0 Å². The first-order valence-electron chi connectivity index (χ1n) is 10.7. The number of rotatable bonds is 13. The normalized spacial score (nSPS) is 10.5. The lowest BCUT2D eigenvalue weighted by Crippen LogP contribution is -2.30. The fourth-order valence-electron chi connectivity index (χ4n) is 3.00. The Kier molecular flexibility index (Phi) is 11.6. The van der Waals surface area contributed by atoms with Gasteiger partial charge in [-0.25, -0.2) is 0 Å². The van der Waals surface area contributed by atoms with Crippen molar-refractivity contribution in [3.05, 3.63) is 56.5 Å². The van der Waals surface area contributed by atoms with Crippen LogP contribution in [0.25, 0.3) is 0 Å². The Morgan fingerprint density at radius 3 is 1.50 bits per heavy atom. The average molecular weight is 570 g/mol. The third kappa shape index (κ3) is 10.0. The van der Waals surface area contributed by atoms with Crippen molar-refractivity contribution < 1.29 is 19.1 Å². The van der Waals surface area contributed by atoms with E-state index in [1.807, 2.05) is 50.2 Å². The molecule has 0 fully saturated rings. The van der Waals surface area contributed by atoms with Crippen molar-refractivity contribution in [3.8, 4) is 11.5 Å². The summed E-state index contributed by atoms with van der Waals surface area (Å²) in [5.41, 5.74) is 1.96. The molecule has 0 unspecified atom stereocenters. The van der Waals surface area contributed by atoms with Gasteiger partial charge in [-0.3, -0.25) is 9.59 Å². The van der Waals surface area contributed by atoms with Crippen molar-refractivity contribution in [2.24, 2.45) is 0 Å². The topological polar surface area (TPSA) is 76.7 Å². The van der Waals surface area contributed by atoms with Crippen LogP contribution >= 0.6 is 31.9 Å². The molecule has 0 atom stereocenters. The Bertz CT molecular complexity index is 832. The van der Waals surface area contributed by atoms with Crippen molar-refractivity contribution in [2.45, 2.75) is 39.5 Å². The van der Waals surface area contributed by atoms with Gasteiger partial charge >= 0.3 is 0 Å². The first kappa shape index (κ1) is 26.2. The van der Waals surface area contributed by atoms with Crippen molar-refractivity contribution in [2.75, 3.05) is 26.3 Å². The minimum Gasteiger partial charge on any atom is -0.484 e. The molecule has 32 heavy (non-hydrogen) atoms. The number of unbranched alkanes of at least 4 members (excludes halogenated alkanes) is 3. The molecule has 0 heterocycles. The molecule has 6 nitrogen and oxygen atoms in total. The molecule has 0 aromatic heterocycles. The Morgan fingerprint density at radius 1 is 0.719 bits per heavy atom. The molecule has 2 rings (SSSR count). The SMILES string of the molecule is Cc1cc(Br)ccc1OCC(=O)NCCCCCCNC(=O)COc1ccc(Br)cc1C. The van der Waals surface area contributed by atoms with E-state index in [0.717, 1.165) is 45.8 Å². The van der Waals surface area contributed by atoms with E-state index >= 15 is 0 Å². The number of carbonyl (C=O) groups excluding carboxylic acids is 2. The molecule has 8 heteroatoms. The summed E-state index contributed by atoms with van der Waals surface area (Å²) in [6.07, 6.45) is 3.75. The maximum absolute atomic E-state index is 11.9. The Morgan fingerprint density at radius 2 is 1.12 bits per heavy atom. The summed E-state index contributed by atoms with van der Waals surface area (Å²) in [5, 5.41) is 5.74. The van der Waals surface area contributed by atoms with Crippen molar-refractivity contribution in [1.29, 1.82) is 0 Å². The first-order chi connectivity index (χ1) is 15.3. The van der Waals surface area contributed by atoms with Crippen molar-refractivity contribution in [1.82, 2.24) is 10.6 Å². The molecule has 0 bridgehead atoms. The first-order valence-corrected chi connectivity index (χ1v) is 12.2. The van der Waals surface area contributed by atoms with E-state index in [0.29, 0.717) is 24.6 Å². The zero-order valence-electron chi connectivity index (χ0n) is 18.5. The molecule has 2 aromatic rings. The Hall–Kier alpha value is -2.06. The summed E-state index contributed by atoms with van der Waals surface area (Å²) in [4.78, 5) is 23.8. The number of carbonyl (C=O) groups is 2. The van der Waals surface area contributed by atoms with Gasteiger partial charge in [0.25, 0.3) is 11.8 Å². The van der Waals surface area contributed by atoms with Gasteiger partial charge in [-0.2, -0.15) is 0 Å². The molecule has 0 saturated carbocycles. The average Bonchev–Trinajstić information content (AvgIpc) is 2.74. The highest BCUT2D eigenvalue weighted by Gasteiger charge is 2.06. The van der Waals surface area contributed by atoms with Crippen LogP contribution in [-0.2, 0) is 9.59 Å². The molecule has 0 saturated heterocycles. The van der Waals surface area contributed by atoms with Crippen LogP contribution < -0.4 is 20.1 Å². The second-order valence-corrected chi connectivity index (χ2v) is 9.34. The van der Waals surface area contributed by atoms with Gasteiger partial charge in [0.2, 0.25) is 0 Å². The summed E-state index contributed by atoms with van der Waals surface area (Å²) in [6.45, 7) is 5.14. The van der Waals surface area contributed by atoms with E-state index in [4.69, 9.17) is 9.47 Å². The number of benzene rings is 2. The van der Waals surface area contributed by atoms with E-state index in [9.17, 15) is 9.59 Å². The van der Waals surface area contributed by atoms with E-state index in [2.05, 4.69) is 42.5 Å². The predicted molar refractivity (Wildman–Crippen MR) is 133 cm³/mol. The van der Waals surface area contributed by atoms with Crippen molar-refractivity contribution in [3.63, 3.8) is 0 Å². The highest BCUT2D eigenvalue weighted by atomic mass is 79.9. The van der Waals surface area contributed by atoms with Crippen LogP contribution in [0.5, 0.6) is 11.5 Å². The van der Waals surface area contributed by atoms with Gasteiger partial charge < -0.3 is 20.1 Å². The highest BCUT2D eigenvalue weighted by Crippen LogP contribution is 2.22. The third-order valence-electron chi connectivity index (χ3n) is 4.74. The summed E-state index contributed by atoms with van der Waals surface area (Å²) in [7, 11) is 0. The van der Waals surface area contributed by atoms with Gasteiger partial charge in [-0.1, -0.05) is 44.7 Å². The molecular formula is C24H30Br2N2O4. The molecule has 0 aliphatic heterocycles. The molecule has 0 aliphatic carbocycles. The quantitative estimate of drug-likeness (QED) is 0.330. The van der Waals surface area contributed by atoms with Crippen LogP contribution in [0.15, 0.2) is 45.3 Å². The number of nitrogens with one attached hydrogen (secondary N) is 2. The van der Waals surface area contributed by atoms with E-state index in [1.165, 1.54) is 0 Å². The number of halogens is 2. The van der Waals surface area contributed by atoms with Gasteiger partial charge in [0, 0.05) is 22.0 Å². The zero-order valence-corrected chi connectivity index (χ0v) is 21.7. The zero-order chi connectivity index (χ0) is 23.3. The van der Waals surface area contributed by atoms with Gasteiger partial charge in [0.05, 0.1) is 0 Å². The molecule has 0 spiro atoms. The van der Waals surface area contributed by atoms with E-state index < -0.39 is 0 Å². The summed E-state index contributed by atoms with van der Waals surface area (Å²) >= 11 is 6.81. The Labute approximate surface area is 206 Å².